The number of carbonyl (C=O) groups excluding carboxylic acids is 2. The van der Waals surface area contributed by atoms with Crippen LogP contribution in [0.2, 0.25) is 0 Å². The van der Waals surface area contributed by atoms with Crippen molar-refractivity contribution in [1.29, 1.82) is 5.26 Å². The van der Waals surface area contributed by atoms with Crippen molar-refractivity contribution in [3.8, 4) is 40.2 Å². The van der Waals surface area contributed by atoms with Crippen molar-refractivity contribution in [3.63, 3.8) is 0 Å². The fraction of sp³-hybridized carbons (Fsp3) is 0.602. The van der Waals surface area contributed by atoms with E-state index in [1.54, 1.807) is 35.4 Å². The molecular formula is C83H114FN7O7. The number of rotatable bonds is 15. The Kier molecular flexibility index (Phi) is 26.7. The third-order valence-corrected chi connectivity index (χ3v) is 24.1. The molecule has 98 heavy (non-hydrogen) atoms. The van der Waals surface area contributed by atoms with E-state index >= 15 is 0 Å². The van der Waals surface area contributed by atoms with E-state index in [0.29, 0.717) is 47.8 Å². The van der Waals surface area contributed by atoms with Crippen molar-refractivity contribution in [1.82, 2.24) is 29.4 Å². The Morgan fingerprint density at radius 3 is 1.45 bits per heavy atom. The highest BCUT2D eigenvalue weighted by molar-refractivity contribution is 5.73. The monoisotopic (exact) mass is 1340 g/mol. The number of fused-ring (bicyclic) bond motifs is 2. The van der Waals surface area contributed by atoms with Crippen molar-refractivity contribution in [3.05, 3.63) is 143 Å². The van der Waals surface area contributed by atoms with Gasteiger partial charge < -0.3 is 53.1 Å². The number of likely N-dealkylation sites (tertiary alicyclic amines) is 6. The van der Waals surface area contributed by atoms with Crippen LogP contribution in [0.3, 0.4) is 0 Å². The summed E-state index contributed by atoms with van der Waals surface area (Å²) in [6.07, 6.45) is 25.4. The molecule has 6 heterocycles. The van der Waals surface area contributed by atoms with Gasteiger partial charge in [0.15, 0.2) is 0 Å². The van der Waals surface area contributed by atoms with Gasteiger partial charge in [-0.3, -0.25) is 4.79 Å². The van der Waals surface area contributed by atoms with Gasteiger partial charge in [-0.15, -0.1) is 0 Å². The second kappa shape index (κ2) is 36.1. The van der Waals surface area contributed by atoms with Crippen LogP contribution >= 0.6 is 0 Å². The summed E-state index contributed by atoms with van der Waals surface area (Å²) >= 11 is 0. The minimum Gasteiger partial charge on any atom is -0.496 e. The number of methoxy groups -OCH3 is 4. The number of hydrogen-bond acceptors (Lipinski definition) is 12. The smallest absolute Gasteiger partial charge is 0.409 e. The molecule has 15 heteroatoms. The van der Waals surface area contributed by atoms with Crippen molar-refractivity contribution < 1.29 is 37.7 Å². The first-order valence-corrected chi connectivity index (χ1v) is 37.8. The second-order valence-corrected chi connectivity index (χ2v) is 29.6. The molecule has 3 saturated carbocycles. The Bertz CT molecular complexity index is 3330. The zero-order chi connectivity index (χ0) is 68.3. The molecule has 14 rings (SSSR count). The van der Waals surface area contributed by atoms with Gasteiger partial charge in [-0.25, -0.2) is 9.18 Å². The maximum absolute atomic E-state index is 13.3. The fourth-order valence-electron chi connectivity index (χ4n) is 18.5. The average Bonchev–Trinajstić information content (AvgIpc) is 1.45. The summed E-state index contributed by atoms with van der Waals surface area (Å²) in [4.78, 5) is 37.8. The van der Waals surface area contributed by atoms with Crippen LogP contribution in [0.4, 0.5) is 9.18 Å². The third-order valence-electron chi connectivity index (χ3n) is 24.1. The molecule has 0 spiro atoms. The molecule has 2 unspecified atom stereocenters. The van der Waals surface area contributed by atoms with Gasteiger partial charge in [0.25, 0.3) is 0 Å². The predicted octanol–water partition coefficient (Wildman–Crippen LogP) is 16.2. The van der Waals surface area contributed by atoms with E-state index in [-0.39, 0.29) is 17.8 Å². The first-order chi connectivity index (χ1) is 47.9. The van der Waals surface area contributed by atoms with Crippen LogP contribution in [0.1, 0.15) is 194 Å². The summed E-state index contributed by atoms with van der Waals surface area (Å²) in [7, 11) is 7.01. The van der Waals surface area contributed by atoms with Crippen molar-refractivity contribution >= 4 is 12.0 Å². The molecule has 3 atom stereocenters. The number of para-hydroxylation sites is 2. The zero-order valence-electron chi connectivity index (χ0n) is 60.1. The Labute approximate surface area is 586 Å². The summed E-state index contributed by atoms with van der Waals surface area (Å²) < 4.78 is 40.7. The first kappa shape index (κ1) is 72.5. The normalized spacial score (nSPS) is 22.9. The van der Waals surface area contributed by atoms with E-state index in [9.17, 15) is 19.2 Å². The number of halogens is 1. The predicted molar refractivity (Wildman–Crippen MR) is 389 cm³/mol. The summed E-state index contributed by atoms with van der Waals surface area (Å²) in [5, 5.41) is 9.20. The number of benzene rings is 5. The second-order valence-electron chi connectivity index (χ2n) is 29.6. The van der Waals surface area contributed by atoms with Crippen molar-refractivity contribution in [2.45, 2.75) is 184 Å². The summed E-state index contributed by atoms with van der Waals surface area (Å²) in [5.41, 5.74) is 8.17. The third kappa shape index (κ3) is 18.8. The Hall–Kier alpha value is -6.70. The Morgan fingerprint density at radius 2 is 0.949 bits per heavy atom. The average molecular weight is 1340 g/mol. The topological polar surface area (TPSA) is 124 Å². The Morgan fingerprint density at radius 1 is 0.480 bits per heavy atom. The van der Waals surface area contributed by atoms with Gasteiger partial charge in [0.05, 0.1) is 46.7 Å². The molecule has 6 saturated heterocycles. The van der Waals surface area contributed by atoms with E-state index in [0.717, 1.165) is 155 Å². The van der Waals surface area contributed by atoms with Gasteiger partial charge in [-0.05, 0) is 298 Å². The molecule has 14 nitrogen and oxygen atoms in total. The fourth-order valence-corrected chi connectivity index (χ4v) is 18.5. The number of ether oxygens (including phenoxy) is 5. The molecule has 6 aliphatic heterocycles. The van der Waals surface area contributed by atoms with Gasteiger partial charge >= 0.3 is 6.09 Å². The maximum Gasteiger partial charge on any atom is 0.409 e. The molecule has 2 amide bonds. The number of nitrogens with zero attached hydrogens (tertiary/aromatic N) is 7. The molecular weight excluding hydrogens is 1230 g/mol. The molecule has 9 aliphatic rings. The van der Waals surface area contributed by atoms with Crippen LogP contribution in [0.15, 0.2) is 109 Å². The number of hydrogen-bond donors (Lipinski definition) is 0. The van der Waals surface area contributed by atoms with Gasteiger partial charge in [0.1, 0.15) is 28.8 Å². The van der Waals surface area contributed by atoms with Crippen LogP contribution in [0.25, 0.3) is 11.1 Å². The lowest BCUT2D eigenvalue weighted by atomic mass is 9.85. The minimum absolute atomic E-state index is 0.171. The van der Waals surface area contributed by atoms with E-state index in [1.807, 2.05) is 53.1 Å². The molecule has 9 fully saturated rings. The van der Waals surface area contributed by atoms with E-state index in [2.05, 4.69) is 86.3 Å². The van der Waals surface area contributed by atoms with E-state index in [1.165, 1.54) is 150 Å². The highest BCUT2D eigenvalue weighted by Crippen LogP contribution is 2.49. The van der Waals surface area contributed by atoms with Crippen molar-refractivity contribution in [2.24, 2.45) is 17.8 Å². The van der Waals surface area contributed by atoms with E-state index < -0.39 is 0 Å². The minimum atomic E-state index is -0.189. The molecule has 3 aliphatic carbocycles. The molecule has 5 aromatic rings. The standard InChI is InChI=1S/C25H30FNO.C22H31N3O3.C19H28N2O2.C17H25NO/c1-28-25-9-6-20(18-4-7-22(26)8-5-18)16-23(25)19-10-12-27(13-11-19)24-15-17-2-3-21(24)14-17;1-3-28-22(26)25-12-6-17(7-13-25)16-24-10-8-19(9-11-24)20-14-18(15-23)4-5-21(20)27-2;1-15(22)20-13-9-17(10-14-20)21-11-7-16(8-12-21)18-5-3-4-6-19(18)23-2;1-19-17-9-5-4-8-16(17)14-10-12-18(13-11-14)15-6-2-3-7-15/h4-9,16-17,19,21,24H,2-3,10-15H2,1H3;4-5,14,17,19H,3,6-13,16H2,1-2H3;3-6,16-17H,7-14H2,1-2H3;4-5,8-9,14-15H,2-3,6-7,10-13H2,1H3/t17?,21?,24-;;;/m0.../s1. The van der Waals surface area contributed by atoms with Gasteiger partial charge in [-0.1, -0.05) is 73.9 Å². The molecule has 0 N–H and O–H groups in total. The number of carbonyl (C=O) groups is 2. The lowest BCUT2D eigenvalue weighted by Crippen LogP contribution is -2.48. The van der Waals surface area contributed by atoms with Crippen LogP contribution in [0, 0.1) is 34.9 Å². The Balaban J connectivity index is 0.000000134. The maximum atomic E-state index is 13.3. The van der Waals surface area contributed by atoms with Gasteiger partial charge in [0.2, 0.25) is 5.91 Å². The number of amides is 2. The first-order valence-electron chi connectivity index (χ1n) is 37.8. The molecule has 5 aromatic carbocycles. The summed E-state index contributed by atoms with van der Waals surface area (Å²) in [6.45, 7) is 18.0. The summed E-state index contributed by atoms with van der Waals surface area (Å²) in [6, 6.07) is 40.6. The van der Waals surface area contributed by atoms with Gasteiger partial charge in [0, 0.05) is 57.8 Å². The largest absolute Gasteiger partial charge is 0.496 e. The van der Waals surface area contributed by atoms with Gasteiger partial charge in [-0.2, -0.15) is 5.26 Å². The highest BCUT2D eigenvalue weighted by Gasteiger charge is 2.43. The SMILES string of the molecule is CCOC(=O)N1CCC(CN2CCC(c3cc(C#N)ccc3OC)CC2)CC1.COc1ccc(-c2ccc(F)cc2)cc1C1CCN([C@H]2CC3CCC2C3)CC1.COc1ccccc1C1CCN(C2CCCC2)CC1.COc1ccccc1C1CCN(C2CCN(C(C)=O)CC2)CC1. The van der Waals surface area contributed by atoms with E-state index in [4.69, 9.17) is 23.7 Å². The lowest BCUT2D eigenvalue weighted by Gasteiger charge is -2.41. The lowest BCUT2D eigenvalue weighted by molar-refractivity contribution is -0.130. The van der Waals surface area contributed by atoms with Crippen molar-refractivity contribution in [2.75, 3.05) is 120 Å². The molecule has 0 radical (unpaired) electrons. The number of nitriles is 1. The molecule has 0 aromatic heterocycles. The summed E-state index contributed by atoms with van der Waals surface area (Å²) in [5.74, 6) is 8.94. The molecule has 530 valence electrons. The van der Waals surface area contributed by atoms with Crippen LogP contribution < -0.4 is 18.9 Å². The van der Waals surface area contributed by atoms with Crippen LogP contribution in [-0.4, -0.2) is 180 Å². The van der Waals surface area contributed by atoms with Crippen LogP contribution in [0.5, 0.6) is 23.0 Å². The zero-order valence-corrected chi connectivity index (χ0v) is 60.1. The number of piperidine rings is 6. The van der Waals surface area contributed by atoms with Crippen LogP contribution in [-0.2, 0) is 9.53 Å². The molecule has 2 bridgehead atoms. The quantitative estimate of drug-likeness (QED) is 0.0991. The highest BCUT2D eigenvalue weighted by atomic mass is 19.1.